The molecule has 2 aromatic carbocycles. The monoisotopic (exact) mass is 484 g/mol. The minimum atomic E-state index is -3.14. The number of hydroxylamine groups is 1. The number of anilines is 1. The van der Waals surface area contributed by atoms with E-state index in [2.05, 4.69) is 34.3 Å². The van der Waals surface area contributed by atoms with Gasteiger partial charge >= 0.3 is 6.03 Å². The van der Waals surface area contributed by atoms with Crippen LogP contribution in [0, 0.1) is 23.7 Å². The molecule has 0 aromatic heterocycles. The van der Waals surface area contributed by atoms with Gasteiger partial charge in [0.2, 0.25) is 0 Å². The minimum absolute atomic E-state index is 0.0646. The fourth-order valence-electron chi connectivity index (χ4n) is 2.77. The molecule has 0 radical (unpaired) electrons. The number of rotatable bonds is 7. The van der Waals surface area contributed by atoms with Crippen LogP contribution in [-0.4, -0.2) is 48.2 Å². The van der Waals surface area contributed by atoms with Crippen molar-refractivity contribution in [1.82, 2.24) is 10.8 Å². The molecule has 0 spiro atoms. The van der Waals surface area contributed by atoms with Crippen LogP contribution in [0.5, 0.6) is 0 Å². The van der Waals surface area contributed by atoms with Crippen LogP contribution in [0.1, 0.15) is 28.4 Å². The molecule has 0 aliphatic carbocycles. The van der Waals surface area contributed by atoms with Crippen molar-refractivity contribution in [2.24, 2.45) is 5.73 Å². The zero-order valence-electron chi connectivity index (χ0n) is 18.7. The number of carbonyl (C=O) groups excluding carboxylic acids is 3. The van der Waals surface area contributed by atoms with E-state index in [1.54, 1.807) is 24.3 Å². The molecule has 0 aliphatic rings. The summed E-state index contributed by atoms with van der Waals surface area (Å²) in [7, 11) is 0.961. The zero-order valence-corrected chi connectivity index (χ0v) is 18.7. The normalized spacial score (nSPS) is 12.6. The number of halogens is 2. The van der Waals surface area contributed by atoms with Crippen LogP contribution in [0.2, 0.25) is 0 Å². The summed E-state index contributed by atoms with van der Waals surface area (Å²) < 4.78 is 31.7. The number of benzene rings is 2. The maximum absolute atomic E-state index is 13.5. The first-order chi connectivity index (χ1) is 16.6. The van der Waals surface area contributed by atoms with Gasteiger partial charge in [-0.05, 0) is 67.3 Å². The number of ether oxygens (including phenoxy) is 1. The highest BCUT2D eigenvalue weighted by molar-refractivity contribution is 5.98. The molecule has 4 amide bonds. The molecule has 0 saturated carbocycles. The maximum Gasteiger partial charge on any atom is 0.316 e. The van der Waals surface area contributed by atoms with Gasteiger partial charge in [0, 0.05) is 29.5 Å². The Balaban J connectivity index is 2.09. The van der Waals surface area contributed by atoms with Crippen LogP contribution in [0.3, 0.4) is 0 Å². The summed E-state index contributed by atoms with van der Waals surface area (Å²) >= 11 is 0. The summed E-state index contributed by atoms with van der Waals surface area (Å²) in [5, 5.41) is 13.5. The van der Waals surface area contributed by atoms with Crippen molar-refractivity contribution in [2.45, 2.75) is 25.0 Å². The predicted octanol–water partition coefficient (Wildman–Crippen LogP) is 1.85. The van der Waals surface area contributed by atoms with Gasteiger partial charge in [-0.15, -0.1) is 0 Å². The minimum Gasteiger partial charge on any atom is -0.370 e. The standard InChI is InChI=1S/C24H22F2N4O5/c1-24(35-2,22(25)26)19(21(32)30-34)29-20(31)17-11-7-15(8-12-17)5-3-4-6-16-9-13-18(14-10-16)28-23(27)33/h7-14,19,22,34H,1-2H3,(H,29,31)(H,30,32)(H3,27,28,33). The topological polar surface area (TPSA) is 143 Å². The first-order valence-electron chi connectivity index (χ1n) is 9.97. The Morgan fingerprint density at radius 3 is 1.94 bits per heavy atom. The molecule has 0 fully saturated rings. The lowest BCUT2D eigenvalue weighted by Crippen LogP contribution is -2.62. The van der Waals surface area contributed by atoms with Gasteiger partial charge in [0.05, 0.1) is 0 Å². The number of amides is 4. The number of hydrogen-bond acceptors (Lipinski definition) is 5. The van der Waals surface area contributed by atoms with Gasteiger partial charge in [-0.3, -0.25) is 14.8 Å². The predicted molar refractivity (Wildman–Crippen MR) is 122 cm³/mol. The number of hydrogen-bond donors (Lipinski definition) is 5. The molecule has 2 rings (SSSR count). The fraction of sp³-hybridized carbons (Fsp3) is 0.208. The Bertz CT molecular complexity index is 1190. The van der Waals surface area contributed by atoms with E-state index in [-0.39, 0.29) is 5.56 Å². The van der Waals surface area contributed by atoms with Gasteiger partial charge in [0.15, 0.2) is 5.60 Å². The number of carbonyl (C=O) groups is 3. The Morgan fingerprint density at radius 1 is 1.00 bits per heavy atom. The number of methoxy groups -OCH3 is 1. The Morgan fingerprint density at radius 2 is 1.51 bits per heavy atom. The Labute approximate surface area is 200 Å². The highest BCUT2D eigenvalue weighted by atomic mass is 19.3. The van der Waals surface area contributed by atoms with Gasteiger partial charge in [-0.2, -0.15) is 0 Å². The molecule has 2 unspecified atom stereocenters. The van der Waals surface area contributed by atoms with Gasteiger partial charge < -0.3 is 21.1 Å². The van der Waals surface area contributed by atoms with E-state index in [0.717, 1.165) is 14.0 Å². The van der Waals surface area contributed by atoms with Crippen molar-refractivity contribution in [3.63, 3.8) is 0 Å². The van der Waals surface area contributed by atoms with Crippen LogP contribution < -0.4 is 21.8 Å². The van der Waals surface area contributed by atoms with E-state index in [1.807, 2.05) is 0 Å². The molecule has 182 valence electrons. The Hall–Kier alpha value is -4.45. The van der Waals surface area contributed by atoms with E-state index < -0.39 is 35.9 Å². The second-order valence-corrected chi connectivity index (χ2v) is 7.22. The smallest absolute Gasteiger partial charge is 0.316 e. The lowest BCUT2D eigenvalue weighted by atomic mass is 9.95. The maximum atomic E-state index is 13.5. The fourth-order valence-corrected chi connectivity index (χ4v) is 2.77. The molecule has 0 aliphatic heterocycles. The third-order valence-electron chi connectivity index (χ3n) is 4.87. The number of nitrogens with two attached hydrogens (primary N) is 1. The number of nitrogens with one attached hydrogen (secondary N) is 3. The summed E-state index contributed by atoms with van der Waals surface area (Å²) in [5.41, 5.74) is 5.69. The van der Waals surface area contributed by atoms with Crippen molar-refractivity contribution in [3.8, 4) is 23.7 Å². The van der Waals surface area contributed by atoms with Gasteiger partial charge in [0.1, 0.15) is 6.04 Å². The molecular formula is C24H22F2N4O5. The average Bonchev–Trinajstić information content (AvgIpc) is 2.85. The summed E-state index contributed by atoms with van der Waals surface area (Å²) in [6, 6.07) is 9.88. The van der Waals surface area contributed by atoms with Crippen molar-refractivity contribution in [3.05, 3.63) is 65.2 Å². The lowest BCUT2D eigenvalue weighted by molar-refractivity contribution is -0.157. The second kappa shape index (κ2) is 12.1. The third-order valence-corrected chi connectivity index (χ3v) is 4.87. The van der Waals surface area contributed by atoms with Crippen molar-refractivity contribution in [2.75, 3.05) is 12.4 Å². The van der Waals surface area contributed by atoms with E-state index in [9.17, 15) is 23.2 Å². The van der Waals surface area contributed by atoms with E-state index in [1.165, 1.54) is 29.7 Å². The molecule has 2 aromatic rings. The van der Waals surface area contributed by atoms with Crippen molar-refractivity contribution in [1.29, 1.82) is 0 Å². The van der Waals surface area contributed by atoms with E-state index in [0.29, 0.717) is 16.8 Å². The lowest BCUT2D eigenvalue weighted by Gasteiger charge is -2.34. The first kappa shape index (κ1) is 26.8. The SMILES string of the molecule is COC(C)(C(F)F)C(NC(=O)c1ccc(C#CC#Cc2ccc(NC(N)=O)cc2)cc1)C(=O)NO. The third kappa shape index (κ3) is 7.27. The Kier molecular flexibility index (Phi) is 9.29. The summed E-state index contributed by atoms with van der Waals surface area (Å²) in [5.74, 6) is 8.85. The molecule has 2 atom stereocenters. The summed E-state index contributed by atoms with van der Waals surface area (Å²) in [6.45, 7) is 0.934. The largest absolute Gasteiger partial charge is 0.370 e. The van der Waals surface area contributed by atoms with Crippen LogP contribution in [-0.2, 0) is 9.53 Å². The molecular weight excluding hydrogens is 462 g/mol. The highest BCUT2D eigenvalue weighted by Gasteiger charge is 2.48. The van der Waals surface area contributed by atoms with Crippen LogP contribution in [0.15, 0.2) is 48.5 Å². The van der Waals surface area contributed by atoms with Crippen LogP contribution in [0.4, 0.5) is 19.3 Å². The van der Waals surface area contributed by atoms with Gasteiger partial charge in [0.25, 0.3) is 18.2 Å². The van der Waals surface area contributed by atoms with Crippen LogP contribution >= 0.6 is 0 Å². The van der Waals surface area contributed by atoms with E-state index in [4.69, 9.17) is 15.7 Å². The zero-order chi connectivity index (χ0) is 26.0. The second-order valence-electron chi connectivity index (χ2n) is 7.22. The van der Waals surface area contributed by atoms with Gasteiger partial charge in [-0.25, -0.2) is 19.1 Å². The molecule has 35 heavy (non-hydrogen) atoms. The number of primary amides is 1. The molecule has 0 saturated heterocycles. The first-order valence-corrected chi connectivity index (χ1v) is 9.97. The summed E-state index contributed by atoms with van der Waals surface area (Å²) in [6.07, 6.45) is -3.14. The highest BCUT2D eigenvalue weighted by Crippen LogP contribution is 2.24. The quantitative estimate of drug-likeness (QED) is 0.232. The van der Waals surface area contributed by atoms with Crippen molar-refractivity contribution < 1.29 is 33.1 Å². The number of urea groups is 1. The number of alkyl halides is 2. The molecule has 9 nitrogen and oxygen atoms in total. The average molecular weight is 484 g/mol. The molecule has 0 bridgehead atoms. The van der Waals surface area contributed by atoms with E-state index >= 15 is 0 Å². The molecule has 0 heterocycles. The summed E-state index contributed by atoms with van der Waals surface area (Å²) in [4.78, 5) is 35.2. The molecule has 6 N–H and O–H groups in total. The van der Waals surface area contributed by atoms with Gasteiger partial charge in [-0.1, -0.05) is 11.8 Å². The molecule has 11 heteroatoms. The van der Waals surface area contributed by atoms with Crippen molar-refractivity contribution >= 4 is 23.5 Å². The van der Waals surface area contributed by atoms with Crippen LogP contribution in [0.25, 0.3) is 0 Å².